The van der Waals surface area contributed by atoms with Gasteiger partial charge in [-0.25, -0.2) is 0 Å². The Kier molecular flexibility index (Phi) is 6.96. The summed E-state index contributed by atoms with van der Waals surface area (Å²) in [4.78, 5) is 29.2. The molecular formula is C21H27N3O6. The lowest BCUT2D eigenvalue weighted by atomic mass is 10.1. The lowest BCUT2D eigenvalue weighted by Gasteiger charge is -2.29. The van der Waals surface area contributed by atoms with Gasteiger partial charge in [0.2, 0.25) is 0 Å². The number of likely N-dealkylation sites (N-methyl/N-ethyl adjacent to an activating group) is 1. The maximum Gasteiger partial charge on any atom is 0.254 e. The summed E-state index contributed by atoms with van der Waals surface area (Å²) in [5.74, 6) is 0.775. The molecule has 1 aliphatic rings. The Labute approximate surface area is 175 Å². The van der Waals surface area contributed by atoms with E-state index >= 15 is 0 Å². The number of anilines is 1. The van der Waals surface area contributed by atoms with Gasteiger partial charge in [0, 0.05) is 25.7 Å². The number of rotatable bonds is 7. The number of carbonyl (C=O) groups excluding carboxylic acids is 2. The average molecular weight is 417 g/mol. The van der Waals surface area contributed by atoms with Gasteiger partial charge in [-0.05, 0) is 31.3 Å². The fourth-order valence-corrected chi connectivity index (χ4v) is 3.26. The molecule has 2 aromatic rings. The zero-order chi connectivity index (χ0) is 21.7. The molecule has 9 nitrogen and oxygen atoms in total. The van der Waals surface area contributed by atoms with Gasteiger partial charge >= 0.3 is 0 Å². The quantitative estimate of drug-likeness (QED) is 0.735. The van der Waals surface area contributed by atoms with E-state index in [9.17, 15) is 9.59 Å². The molecule has 1 fully saturated rings. The maximum absolute atomic E-state index is 13.0. The summed E-state index contributed by atoms with van der Waals surface area (Å²) in [6, 6.07) is 6.72. The van der Waals surface area contributed by atoms with Crippen LogP contribution in [0.2, 0.25) is 0 Å². The normalized spacial score (nSPS) is 16.7. The molecule has 0 aliphatic carbocycles. The van der Waals surface area contributed by atoms with Gasteiger partial charge in [-0.3, -0.25) is 9.59 Å². The molecule has 1 saturated heterocycles. The van der Waals surface area contributed by atoms with E-state index in [4.69, 9.17) is 18.6 Å². The highest BCUT2D eigenvalue weighted by Crippen LogP contribution is 2.37. The van der Waals surface area contributed by atoms with Gasteiger partial charge in [-0.15, -0.1) is 0 Å². The molecule has 0 spiro atoms. The van der Waals surface area contributed by atoms with Crippen LogP contribution in [0.3, 0.4) is 0 Å². The number of nitrogens with zero attached hydrogens (tertiary/aromatic N) is 2. The number of nitrogens with one attached hydrogen (secondary N) is 1. The fourth-order valence-electron chi connectivity index (χ4n) is 3.26. The monoisotopic (exact) mass is 417 g/mol. The highest BCUT2D eigenvalue weighted by atomic mass is 16.5. The predicted molar refractivity (Wildman–Crippen MR) is 110 cm³/mol. The lowest BCUT2D eigenvalue weighted by Crippen LogP contribution is -2.46. The molecule has 2 amide bonds. The molecule has 0 radical (unpaired) electrons. The molecule has 2 heterocycles. The number of methoxy groups -OCH3 is 2. The molecule has 1 aliphatic heterocycles. The standard InChI is InChI=1S/C21H27N3O6/c1-23-7-9-30-18(13-23)20(25)22-16-10-14(11-17(27-3)19(16)28-4)21(26)24(2)12-15-6-5-8-29-15/h5-6,8,10-11,18H,7,9,12-13H2,1-4H3,(H,22,25). The Morgan fingerprint density at radius 3 is 2.73 bits per heavy atom. The van der Waals surface area contributed by atoms with Crippen molar-refractivity contribution in [1.82, 2.24) is 9.80 Å². The summed E-state index contributed by atoms with van der Waals surface area (Å²) in [6.07, 6.45) is 0.947. The maximum atomic E-state index is 13.0. The first-order valence-electron chi connectivity index (χ1n) is 9.57. The molecule has 162 valence electrons. The van der Waals surface area contributed by atoms with Crippen LogP contribution in [0.15, 0.2) is 34.9 Å². The van der Waals surface area contributed by atoms with Gasteiger partial charge in [-0.1, -0.05) is 0 Å². The van der Waals surface area contributed by atoms with Crippen LogP contribution < -0.4 is 14.8 Å². The van der Waals surface area contributed by atoms with Crippen molar-refractivity contribution in [1.29, 1.82) is 0 Å². The molecule has 0 bridgehead atoms. The summed E-state index contributed by atoms with van der Waals surface area (Å²) < 4.78 is 21.7. The largest absolute Gasteiger partial charge is 0.493 e. The molecular weight excluding hydrogens is 390 g/mol. The van der Waals surface area contributed by atoms with Crippen LogP contribution in [0.1, 0.15) is 16.1 Å². The van der Waals surface area contributed by atoms with Gasteiger partial charge in [0.05, 0.1) is 39.3 Å². The number of hydrogen-bond acceptors (Lipinski definition) is 7. The second-order valence-electron chi connectivity index (χ2n) is 7.11. The van der Waals surface area contributed by atoms with Gasteiger partial charge < -0.3 is 33.7 Å². The van der Waals surface area contributed by atoms with E-state index in [0.29, 0.717) is 48.2 Å². The van der Waals surface area contributed by atoms with Gasteiger partial charge in [-0.2, -0.15) is 0 Å². The minimum atomic E-state index is -0.611. The number of benzene rings is 1. The van der Waals surface area contributed by atoms with Crippen molar-refractivity contribution in [3.63, 3.8) is 0 Å². The molecule has 1 N–H and O–H groups in total. The van der Waals surface area contributed by atoms with Crippen LogP contribution in [-0.2, 0) is 16.1 Å². The third kappa shape index (κ3) is 4.92. The van der Waals surface area contributed by atoms with E-state index in [1.54, 1.807) is 37.6 Å². The zero-order valence-corrected chi connectivity index (χ0v) is 17.6. The minimum absolute atomic E-state index is 0.253. The van der Waals surface area contributed by atoms with Crippen molar-refractivity contribution in [3.8, 4) is 11.5 Å². The second kappa shape index (κ2) is 9.64. The molecule has 1 aromatic carbocycles. The first kappa shape index (κ1) is 21.7. The molecule has 0 saturated carbocycles. The Balaban J connectivity index is 1.84. The number of ether oxygens (including phenoxy) is 3. The summed E-state index contributed by atoms with van der Waals surface area (Å²) in [7, 11) is 6.55. The lowest BCUT2D eigenvalue weighted by molar-refractivity contribution is -0.132. The Hall–Kier alpha value is -3.04. The molecule has 1 aromatic heterocycles. The third-order valence-electron chi connectivity index (χ3n) is 4.87. The van der Waals surface area contributed by atoms with Gasteiger partial charge in [0.25, 0.3) is 11.8 Å². The highest BCUT2D eigenvalue weighted by molar-refractivity contribution is 6.00. The topological polar surface area (TPSA) is 93.5 Å². The molecule has 1 unspecified atom stereocenters. The number of morpholine rings is 1. The van der Waals surface area contributed by atoms with Gasteiger partial charge in [0.15, 0.2) is 11.5 Å². The third-order valence-corrected chi connectivity index (χ3v) is 4.87. The highest BCUT2D eigenvalue weighted by Gasteiger charge is 2.27. The SMILES string of the molecule is COc1cc(C(=O)N(C)Cc2ccco2)cc(NC(=O)C2CN(C)CCO2)c1OC. The average Bonchev–Trinajstić information content (AvgIpc) is 3.25. The minimum Gasteiger partial charge on any atom is -0.493 e. The van der Waals surface area contributed by atoms with Gasteiger partial charge in [0.1, 0.15) is 11.9 Å². The Bertz CT molecular complexity index is 883. The summed E-state index contributed by atoms with van der Waals surface area (Å²) >= 11 is 0. The summed E-state index contributed by atoms with van der Waals surface area (Å²) in [5.41, 5.74) is 0.687. The van der Waals surface area contributed by atoms with Crippen LogP contribution >= 0.6 is 0 Å². The van der Waals surface area contributed by atoms with Crippen LogP contribution in [-0.4, -0.2) is 75.7 Å². The van der Waals surface area contributed by atoms with E-state index in [2.05, 4.69) is 5.32 Å². The van der Waals surface area contributed by atoms with Crippen molar-refractivity contribution in [3.05, 3.63) is 41.9 Å². The smallest absolute Gasteiger partial charge is 0.254 e. The van der Waals surface area contributed by atoms with Crippen molar-refractivity contribution in [2.24, 2.45) is 0 Å². The molecule has 9 heteroatoms. The Morgan fingerprint density at radius 1 is 1.30 bits per heavy atom. The van der Waals surface area contributed by atoms with Crippen molar-refractivity contribution < 1.29 is 28.2 Å². The van der Waals surface area contributed by atoms with E-state index in [1.165, 1.54) is 19.1 Å². The van der Waals surface area contributed by atoms with E-state index < -0.39 is 6.10 Å². The van der Waals surface area contributed by atoms with Crippen LogP contribution in [0.5, 0.6) is 11.5 Å². The number of hydrogen-bond donors (Lipinski definition) is 1. The molecule has 3 rings (SSSR count). The van der Waals surface area contributed by atoms with E-state index in [0.717, 1.165) is 6.54 Å². The first-order valence-corrected chi connectivity index (χ1v) is 9.57. The zero-order valence-electron chi connectivity index (χ0n) is 17.6. The van der Waals surface area contributed by atoms with Crippen LogP contribution in [0.4, 0.5) is 5.69 Å². The number of amides is 2. The van der Waals surface area contributed by atoms with Crippen LogP contribution in [0.25, 0.3) is 0 Å². The van der Waals surface area contributed by atoms with Crippen molar-refractivity contribution in [2.75, 3.05) is 53.3 Å². The summed E-state index contributed by atoms with van der Waals surface area (Å²) in [6.45, 7) is 2.04. The first-order chi connectivity index (χ1) is 14.4. The van der Waals surface area contributed by atoms with E-state index in [1.807, 2.05) is 11.9 Å². The molecule has 1 atom stereocenters. The summed E-state index contributed by atoms with van der Waals surface area (Å²) in [5, 5.41) is 2.82. The van der Waals surface area contributed by atoms with E-state index in [-0.39, 0.29) is 11.8 Å². The van der Waals surface area contributed by atoms with Crippen molar-refractivity contribution >= 4 is 17.5 Å². The number of furan rings is 1. The fraction of sp³-hybridized carbons (Fsp3) is 0.429. The Morgan fingerprint density at radius 2 is 2.10 bits per heavy atom. The second-order valence-corrected chi connectivity index (χ2v) is 7.11. The predicted octanol–water partition coefficient (Wildman–Crippen LogP) is 1.84. The molecule has 30 heavy (non-hydrogen) atoms. The van der Waals surface area contributed by atoms with Crippen molar-refractivity contribution in [2.45, 2.75) is 12.6 Å². The number of carbonyl (C=O) groups is 2. The van der Waals surface area contributed by atoms with Crippen LogP contribution in [0, 0.1) is 0 Å².